The summed E-state index contributed by atoms with van der Waals surface area (Å²) in [4.78, 5) is 15.6. The van der Waals surface area contributed by atoms with E-state index in [2.05, 4.69) is 31.1 Å². The van der Waals surface area contributed by atoms with E-state index in [4.69, 9.17) is 11.6 Å². The average Bonchev–Trinajstić information content (AvgIpc) is 2.58. The molecule has 0 atom stereocenters. The first-order valence-corrected chi connectivity index (χ1v) is 8.25. The maximum absolute atomic E-state index is 11.2. The van der Waals surface area contributed by atoms with Crippen LogP contribution in [-0.4, -0.2) is 21.1 Å². The topological polar surface area (TPSA) is 91.8 Å². The molecule has 7 nitrogen and oxygen atoms in total. The SMILES string of the molecule is CC(=O)Nc1cccc(Nc2cnnc(Nc3cc(Cl)ccc3C)n2)c1. The molecule has 0 aliphatic rings. The van der Waals surface area contributed by atoms with Crippen LogP contribution in [0.25, 0.3) is 0 Å². The third-order valence-corrected chi connectivity index (χ3v) is 3.70. The molecular weight excluding hydrogens is 352 g/mol. The molecule has 1 heterocycles. The van der Waals surface area contributed by atoms with Crippen molar-refractivity contribution in [2.45, 2.75) is 13.8 Å². The number of benzene rings is 2. The molecule has 0 saturated carbocycles. The van der Waals surface area contributed by atoms with Crippen LogP contribution >= 0.6 is 11.6 Å². The second kappa shape index (κ2) is 7.79. The van der Waals surface area contributed by atoms with Gasteiger partial charge in [-0.25, -0.2) is 0 Å². The van der Waals surface area contributed by atoms with E-state index in [0.29, 0.717) is 22.5 Å². The predicted molar refractivity (Wildman–Crippen MR) is 103 cm³/mol. The number of carbonyl (C=O) groups excluding carboxylic acids is 1. The molecule has 0 saturated heterocycles. The average molecular weight is 369 g/mol. The normalized spacial score (nSPS) is 10.3. The molecule has 2 aromatic carbocycles. The summed E-state index contributed by atoms with van der Waals surface area (Å²) in [7, 11) is 0. The van der Waals surface area contributed by atoms with Gasteiger partial charge in [-0.2, -0.15) is 10.1 Å². The minimum absolute atomic E-state index is 0.130. The molecule has 0 aliphatic carbocycles. The number of hydrogen-bond donors (Lipinski definition) is 3. The zero-order valence-corrected chi connectivity index (χ0v) is 15.0. The zero-order valence-electron chi connectivity index (χ0n) is 14.2. The number of nitrogens with zero attached hydrogens (tertiary/aromatic N) is 3. The molecule has 1 amide bonds. The molecule has 132 valence electrons. The van der Waals surface area contributed by atoms with Gasteiger partial charge in [0, 0.05) is 29.0 Å². The molecule has 0 fully saturated rings. The highest BCUT2D eigenvalue weighted by molar-refractivity contribution is 6.30. The van der Waals surface area contributed by atoms with Gasteiger partial charge in [-0.1, -0.05) is 23.7 Å². The number of anilines is 5. The zero-order chi connectivity index (χ0) is 18.5. The van der Waals surface area contributed by atoms with Crippen LogP contribution in [0.15, 0.2) is 48.7 Å². The Labute approximate surface area is 155 Å². The first-order chi connectivity index (χ1) is 12.5. The van der Waals surface area contributed by atoms with Crippen LogP contribution in [0, 0.1) is 6.92 Å². The number of aromatic nitrogens is 3. The van der Waals surface area contributed by atoms with Crippen molar-refractivity contribution in [2.75, 3.05) is 16.0 Å². The molecule has 3 N–H and O–H groups in total. The van der Waals surface area contributed by atoms with Gasteiger partial charge in [-0.05, 0) is 42.8 Å². The Morgan fingerprint density at radius 2 is 1.88 bits per heavy atom. The lowest BCUT2D eigenvalue weighted by molar-refractivity contribution is -0.114. The lowest BCUT2D eigenvalue weighted by Gasteiger charge is -2.10. The molecular formula is C18H17ClN6O. The van der Waals surface area contributed by atoms with Crippen LogP contribution in [0.2, 0.25) is 5.02 Å². The van der Waals surface area contributed by atoms with Crippen LogP contribution in [-0.2, 0) is 4.79 Å². The first-order valence-electron chi connectivity index (χ1n) is 7.87. The lowest BCUT2D eigenvalue weighted by Crippen LogP contribution is -2.06. The highest BCUT2D eigenvalue weighted by atomic mass is 35.5. The Kier molecular flexibility index (Phi) is 5.28. The van der Waals surface area contributed by atoms with Crippen LogP contribution in [0.1, 0.15) is 12.5 Å². The van der Waals surface area contributed by atoms with Crippen molar-refractivity contribution in [3.05, 3.63) is 59.2 Å². The number of amides is 1. The van der Waals surface area contributed by atoms with Gasteiger partial charge in [0.15, 0.2) is 5.82 Å². The quantitative estimate of drug-likeness (QED) is 0.622. The number of aryl methyl sites for hydroxylation is 1. The molecule has 0 radical (unpaired) electrons. The predicted octanol–water partition coefficient (Wildman–Crippen LogP) is 4.28. The minimum atomic E-state index is -0.130. The van der Waals surface area contributed by atoms with Gasteiger partial charge in [0.25, 0.3) is 0 Å². The fourth-order valence-corrected chi connectivity index (χ4v) is 2.46. The highest BCUT2D eigenvalue weighted by Gasteiger charge is 2.05. The summed E-state index contributed by atoms with van der Waals surface area (Å²) in [6, 6.07) is 12.8. The lowest BCUT2D eigenvalue weighted by atomic mass is 10.2. The molecule has 8 heteroatoms. The van der Waals surface area contributed by atoms with Crippen molar-refractivity contribution < 1.29 is 4.79 Å². The van der Waals surface area contributed by atoms with E-state index in [9.17, 15) is 4.79 Å². The Hall–Kier alpha value is -3.19. The monoisotopic (exact) mass is 368 g/mol. The maximum atomic E-state index is 11.2. The van der Waals surface area contributed by atoms with Gasteiger partial charge < -0.3 is 16.0 Å². The second-order valence-corrected chi connectivity index (χ2v) is 6.07. The van der Waals surface area contributed by atoms with Crippen LogP contribution in [0.3, 0.4) is 0 Å². The minimum Gasteiger partial charge on any atom is -0.339 e. The second-order valence-electron chi connectivity index (χ2n) is 5.64. The molecule has 0 bridgehead atoms. The largest absolute Gasteiger partial charge is 0.339 e. The van der Waals surface area contributed by atoms with Crippen LogP contribution in [0.5, 0.6) is 0 Å². The number of rotatable bonds is 5. The summed E-state index contributed by atoms with van der Waals surface area (Å²) in [6.45, 7) is 3.42. The summed E-state index contributed by atoms with van der Waals surface area (Å²) in [5.74, 6) is 0.731. The molecule has 3 aromatic rings. The molecule has 0 spiro atoms. The van der Waals surface area contributed by atoms with Crippen molar-refractivity contribution in [1.29, 1.82) is 0 Å². The fourth-order valence-electron chi connectivity index (χ4n) is 2.29. The van der Waals surface area contributed by atoms with Crippen molar-refractivity contribution in [1.82, 2.24) is 15.2 Å². The van der Waals surface area contributed by atoms with E-state index < -0.39 is 0 Å². The smallest absolute Gasteiger partial charge is 0.249 e. The van der Waals surface area contributed by atoms with E-state index in [1.54, 1.807) is 18.2 Å². The molecule has 1 aromatic heterocycles. The third kappa shape index (κ3) is 4.67. The van der Waals surface area contributed by atoms with E-state index >= 15 is 0 Å². The number of hydrogen-bond acceptors (Lipinski definition) is 6. The Morgan fingerprint density at radius 3 is 2.69 bits per heavy atom. The number of carbonyl (C=O) groups is 1. The Morgan fingerprint density at radius 1 is 1.08 bits per heavy atom. The van der Waals surface area contributed by atoms with Crippen molar-refractivity contribution >= 4 is 46.3 Å². The summed E-state index contributed by atoms with van der Waals surface area (Å²) in [5, 5.41) is 17.6. The van der Waals surface area contributed by atoms with Gasteiger partial charge >= 0.3 is 0 Å². The third-order valence-electron chi connectivity index (χ3n) is 3.46. The molecule has 0 unspecified atom stereocenters. The standard InChI is InChI=1S/C18H17ClN6O/c1-11-6-7-13(19)8-16(11)23-18-24-17(10-20-25-18)22-15-5-3-4-14(9-15)21-12(2)26/h3-10H,1-2H3,(H,21,26)(H2,22,23,24,25). The van der Waals surface area contributed by atoms with Gasteiger partial charge in [0.2, 0.25) is 11.9 Å². The van der Waals surface area contributed by atoms with Gasteiger partial charge in [-0.3, -0.25) is 4.79 Å². The Bertz CT molecular complexity index is 946. The van der Waals surface area contributed by atoms with E-state index in [1.807, 2.05) is 31.2 Å². The van der Waals surface area contributed by atoms with Gasteiger partial charge in [-0.15, -0.1) is 5.10 Å². The Balaban J connectivity index is 1.77. The first kappa shape index (κ1) is 17.6. The highest BCUT2D eigenvalue weighted by Crippen LogP contribution is 2.23. The fraction of sp³-hybridized carbons (Fsp3) is 0.111. The van der Waals surface area contributed by atoms with E-state index in [-0.39, 0.29) is 5.91 Å². The van der Waals surface area contributed by atoms with Crippen molar-refractivity contribution in [2.24, 2.45) is 0 Å². The van der Waals surface area contributed by atoms with Crippen molar-refractivity contribution in [3.63, 3.8) is 0 Å². The summed E-state index contributed by atoms with van der Waals surface area (Å²) in [5.41, 5.74) is 3.28. The molecule has 26 heavy (non-hydrogen) atoms. The van der Waals surface area contributed by atoms with Crippen LogP contribution in [0.4, 0.5) is 28.8 Å². The van der Waals surface area contributed by atoms with Gasteiger partial charge in [0.1, 0.15) is 0 Å². The molecule has 0 aliphatic heterocycles. The summed E-state index contributed by atoms with van der Waals surface area (Å²) < 4.78 is 0. The molecule has 3 rings (SSSR count). The number of halogens is 1. The summed E-state index contributed by atoms with van der Waals surface area (Å²) >= 11 is 6.03. The van der Waals surface area contributed by atoms with Crippen molar-refractivity contribution in [3.8, 4) is 0 Å². The van der Waals surface area contributed by atoms with Crippen LogP contribution < -0.4 is 16.0 Å². The van der Waals surface area contributed by atoms with E-state index in [1.165, 1.54) is 13.1 Å². The maximum Gasteiger partial charge on any atom is 0.249 e. The summed E-state index contributed by atoms with van der Waals surface area (Å²) in [6.07, 6.45) is 1.51. The van der Waals surface area contributed by atoms with Gasteiger partial charge in [0.05, 0.1) is 6.20 Å². The number of nitrogens with one attached hydrogen (secondary N) is 3. The van der Waals surface area contributed by atoms with E-state index in [0.717, 1.165) is 16.9 Å².